The SMILES string of the molecule is CCNS(=O)(=O)c1ccc(C(=O)NC(C(=O)O)C(C)C)cc1. The van der Waals surface area contributed by atoms with Crippen LogP contribution in [0.2, 0.25) is 0 Å². The van der Waals surface area contributed by atoms with Crippen molar-refractivity contribution >= 4 is 21.9 Å². The zero-order valence-electron chi connectivity index (χ0n) is 12.7. The monoisotopic (exact) mass is 328 g/mol. The number of carbonyl (C=O) groups is 2. The second-order valence-corrected chi connectivity index (χ2v) is 6.83. The van der Waals surface area contributed by atoms with Crippen LogP contribution in [0, 0.1) is 5.92 Å². The molecule has 1 aromatic rings. The number of amides is 1. The Morgan fingerprint density at radius 1 is 1.18 bits per heavy atom. The Bertz CT molecular complexity index is 638. The van der Waals surface area contributed by atoms with Gasteiger partial charge in [-0.3, -0.25) is 4.79 Å². The maximum absolute atomic E-state index is 12.0. The number of nitrogens with one attached hydrogen (secondary N) is 2. The van der Waals surface area contributed by atoms with E-state index >= 15 is 0 Å². The number of carboxylic acid groups (broad SMARTS) is 1. The molecule has 0 saturated heterocycles. The van der Waals surface area contributed by atoms with Gasteiger partial charge in [0.25, 0.3) is 5.91 Å². The first-order valence-electron chi connectivity index (χ1n) is 6.82. The van der Waals surface area contributed by atoms with Gasteiger partial charge in [0.05, 0.1) is 4.90 Å². The summed E-state index contributed by atoms with van der Waals surface area (Å²) in [6.45, 7) is 5.30. The van der Waals surface area contributed by atoms with Crippen molar-refractivity contribution in [3.63, 3.8) is 0 Å². The van der Waals surface area contributed by atoms with Gasteiger partial charge in [-0.05, 0) is 30.2 Å². The summed E-state index contributed by atoms with van der Waals surface area (Å²) in [4.78, 5) is 23.1. The Balaban J connectivity index is 2.91. The number of hydrogen-bond acceptors (Lipinski definition) is 4. The van der Waals surface area contributed by atoms with Crippen LogP contribution in [-0.2, 0) is 14.8 Å². The Morgan fingerprint density at radius 3 is 2.14 bits per heavy atom. The molecule has 0 heterocycles. The highest BCUT2D eigenvalue weighted by atomic mass is 32.2. The second kappa shape index (κ2) is 7.37. The van der Waals surface area contributed by atoms with Crippen LogP contribution >= 0.6 is 0 Å². The van der Waals surface area contributed by atoms with Crippen LogP contribution in [-0.4, -0.2) is 38.0 Å². The van der Waals surface area contributed by atoms with Crippen molar-refractivity contribution in [3.8, 4) is 0 Å². The first-order chi connectivity index (χ1) is 10.2. The van der Waals surface area contributed by atoms with Crippen LogP contribution in [0.25, 0.3) is 0 Å². The molecule has 22 heavy (non-hydrogen) atoms. The Morgan fingerprint density at radius 2 is 1.73 bits per heavy atom. The summed E-state index contributed by atoms with van der Waals surface area (Å²) in [6.07, 6.45) is 0. The van der Waals surface area contributed by atoms with E-state index < -0.39 is 27.9 Å². The summed E-state index contributed by atoms with van der Waals surface area (Å²) >= 11 is 0. The van der Waals surface area contributed by atoms with Gasteiger partial charge in [0.2, 0.25) is 10.0 Å². The van der Waals surface area contributed by atoms with E-state index in [2.05, 4.69) is 10.0 Å². The summed E-state index contributed by atoms with van der Waals surface area (Å²) in [5.74, 6) is -1.95. The highest BCUT2D eigenvalue weighted by Gasteiger charge is 2.24. The van der Waals surface area contributed by atoms with E-state index in [-0.39, 0.29) is 22.9 Å². The fourth-order valence-electron chi connectivity index (χ4n) is 1.80. The number of rotatable bonds is 7. The minimum atomic E-state index is -3.58. The van der Waals surface area contributed by atoms with Crippen molar-refractivity contribution in [2.24, 2.45) is 5.92 Å². The first kappa shape index (κ1) is 18.1. The van der Waals surface area contributed by atoms with E-state index in [4.69, 9.17) is 5.11 Å². The van der Waals surface area contributed by atoms with Gasteiger partial charge in [-0.1, -0.05) is 20.8 Å². The quantitative estimate of drug-likeness (QED) is 0.686. The van der Waals surface area contributed by atoms with Gasteiger partial charge in [-0.15, -0.1) is 0 Å². The molecular weight excluding hydrogens is 308 g/mol. The topological polar surface area (TPSA) is 113 Å². The van der Waals surface area contributed by atoms with Crippen molar-refractivity contribution in [1.29, 1.82) is 0 Å². The van der Waals surface area contributed by atoms with E-state index in [9.17, 15) is 18.0 Å². The van der Waals surface area contributed by atoms with Gasteiger partial charge < -0.3 is 10.4 Å². The predicted molar refractivity (Wildman–Crippen MR) is 81.0 cm³/mol. The fraction of sp³-hybridized carbons (Fsp3) is 0.429. The highest BCUT2D eigenvalue weighted by Crippen LogP contribution is 2.11. The highest BCUT2D eigenvalue weighted by molar-refractivity contribution is 7.89. The summed E-state index contributed by atoms with van der Waals surface area (Å²) in [7, 11) is -3.58. The molecular formula is C14H20N2O5S. The van der Waals surface area contributed by atoms with Crippen molar-refractivity contribution in [2.45, 2.75) is 31.7 Å². The van der Waals surface area contributed by atoms with E-state index in [1.54, 1.807) is 20.8 Å². The smallest absolute Gasteiger partial charge is 0.326 e. The summed E-state index contributed by atoms with van der Waals surface area (Å²) in [6, 6.07) is 4.30. The molecule has 1 amide bonds. The molecule has 0 radical (unpaired) electrons. The molecule has 122 valence electrons. The summed E-state index contributed by atoms with van der Waals surface area (Å²) < 4.78 is 25.9. The zero-order chi connectivity index (χ0) is 16.9. The molecule has 1 unspecified atom stereocenters. The molecule has 1 atom stereocenters. The van der Waals surface area contributed by atoms with Gasteiger partial charge in [-0.2, -0.15) is 0 Å². The molecule has 3 N–H and O–H groups in total. The Kier molecular flexibility index (Phi) is 6.07. The Labute approximate surface area is 129 Å². The predicted octanol–water partition coefficient (Wildman–Crippen LogP) is 0.824. The maximum atomic E-state index is 12.0. The van der Waals surface area contributed by atoms with Gasteiger partial charge in [-0.25, -0.2) is 17.9 Å². The normalized spacial score (nSPS) is 12.9. The first-order valence-corrected chi connectivity index (χ1v) is 8.30. The van der Waals surface area contributed by atoms with Crippen molar-refractivity contribution < 1.29 is 23.1 Å². The molecule has 7 nitrogen and oxygen atoms in total. The molecule has 0 aliphatic rings. The van der Waals surface area contributed by atoms with E-state index in [1.165, 1.54) is 24.3 Å². The molecule has 0 aromatic heterocycles. The second-order valence-electron chi connectivity index (χ2n) is 5.06. The molecule has 8 heteroatoms. The minimum Gasteiger partial charge on any atom is -0.480 e. The number of carbonyl (C=O) groups excluding carboxylic acids is 1. The van der Waals surface area contributed by atoms with Crippen LogP contribution in [0.5, 0.6) is 0 Å². The lowest BCUT2D eigenvalue weighted by atomic mass is 10.0. The third kappa shape index (κ3) is 4.54. The van der Waals surface area contributed by atoms with Crippen LogP contribution < -0.4 is 10.0 Å². The van der Waals surface area contributed by atoms with Crippen LogP contribution in [0.3, 0.4) is 0 Å². The van der Waals surface area contributed by atoms with Crippen LogP contribution in [0.4, 0.5) is 0 Å². The molecule has 0 fully saturated rings. The summed E-state index contributed by atoms with van der Waals surface area (Å²) in [5.41, 5.74) is 0.197. The third-order valence-corrected chi connectivity index (χ3v) is 4.54. The summed E-state index contributed by atoms with van der Waals surface area (Å²) in [5, 5.41) is 11.5. The van der Waals surface area contributed by atoms with E-state index in [1.807, 2.05) is 0 Å². The lowest BCUT2D eigenvalue weighted by Crippen LogP contribution is -2.44. The van der Waals surface area contributed by atoms with Gasteiger partial charge in [0, 0.05) is 12.1 Å². The molecule has 0 aliphatic heterocycles. The molecule has 1 aromatic carbocycles. The standard InChI is InChI=1S/C14H20N2O5S/c1-4-15-22(20,21)11-7-5-10(6-8-11)13(17)16-12(9(2)3)14(18)19/h5-9,12,15H,4H2,1-3H3,(H,16,17)(H,18,19). The van der Waals surface area contributed by atoms with Crippen LogP contribution in [0.15, 0.2) is 29.2 Å². The fourth-order valence-corrected chi connectivity index (χ4v) is 2.84. The van der Waals surface area contributed by atoms with Gasteiger partial charge >= 0.3 is 5.97 Å². The maximum Gasteiger partial charge on any atom is 0.326 e. The Hall–Kier alpha value is -1.93. The molecule has 0 spiro atoms. The molecule has 1 rings (SSSR count). The number of hydrogen-bond donors (Lipinski definition) is 3. The third-order valence-electron chi connectivity index (χ3n) is 2.98. The van der Waals surface area contributed by atoms with E-state index in [0.29, 0.717) is 0 Å². The molecule has 0 bridgehead atoms. The number of benzene rings is 1. The number of sulfonamides is 1. The van der Waals surface area contributed by atoms with Crippen molar-refractivity contribution in [1.82, 2.24) is 10.0 Å². The average molecular weight is 328 g/mol. The van der Waals surface area contributed by atoms with Crippen LogP contribution in [0.1, 0.15) is 31.1 Å². The minimum absolute atomic E-state index is 0.0459. The van der Waals surface area contributed by atoms with Crippen molar-refractivity contribution in [3.05, 3.63) is 29.8 Å². The van der Waals surface area contributed by atoms with E-state index in [0.717, 1.165) is 0 Å². The zero-order valence-corrected chi connectivity index (χ0v) is 13.5. The molecule has 0 aliphatic carbocycles. The van der Waals surface area contributed by atoms with Gasteiger partial charge in [0.1, 0.15) is 6.04 Å². The molecule has 0 saturated carbocycles. The number of carboxylic acids is 1. The lowest BCUT2D eigenvalue weighted by Gasteiger charge is -2.17. The average Bonchev–Trinajstić information content (AvgIpc) is 2.43. The van der Waals surface area contributed by atoms with Crippen molar-refractivity contribution in [2.75, 3.05) is 6.54 Å². The lowest BCUT2D eigenvalue weighted by molar-refractivity contribution is -0.140. The van der Waals surface area contributed by atoms with Gasteiger partial charge in [0.15, 0.2) is 0 Å². The largest absolute Gasteiger partial charge is 0.480 e. The number of aliphatic carboxylic acids is 1.